The zero-order chi connectivity index (χ0) is 13.7. The number of nitrogens with two attached hydrogens (primary N) is 1. The molecule has 0 radical (unpaired) electrons. The van der Waals surface area contributed by atoms with Crippen molar-refractivity contribution in [3.05, 3.63) is 0 Å². The van der Waals surface area contributed by atoms with E-state index in [1.807, 2.05) is 11.8 Å². The van der Waals surface area contributed by atoms with Crippen molar-refractivity contribution >= 4 is 11.8 Å². The first-order chi connectivity index (χ1) is 8.47. The molecule has 1 heterocycles. The summed E-state index contributed by atoms with van der Waals surface area (Å²) in [4.78, 5) is 27.4. The third-order valence-corrected chi connectivity index (χ3v) is 3.62. The normalized spacial score (nSPS) is 18.6. The summed E-state index contributed by atoms with van der Waals surface area (Å²) in [5.41, 5.74) is 5.47. The Morgan fingerprint density at radius 1 is 1.33 bits per heavy atom. The van der Waals surface area contributed by atoms with Gasteiger partial charge < -0.3 is 15.5 Å². The molecule has 1 aliphatic rings. The Morgan fingerprint density at radius 2 is 1.89 bits per heavy atom. The molecule has 18 heavy (non-hydrogen) atoms. The first-order valence-corrected chi connectivity index (χ1v) is 6.67. The van der Waals surface area contributed by atoms with Gasteiger partial charge in [-0.1, -0.05) is 6.92 Å². The molecule has 1 aliphatic heterocycles. The fraction of sp³-hybridized carbons (Fsp3) is 0.846. The highest BCUT2D eigenvalue weighted by atomic mass is 16.2. The van der Waals surface area contributed by atoms with Crippen LogP contribution in [-0.4, -0.2) is 55.3 Å². The average Bonchev–Trinajstić information content (AvgIpc) is 2.37. The van der Waals surface area contributed by atoms with Crippen molar-refractivity contribution < 1.29 is 9.59 Å². The number of amides is 2. The van der Waals surface area contributed by atoms with Gasteiger partial charge in [0.15, 0.2) is 0 Å². The van der Waals surface area contributed by atoms with Gasteiger partial charge >= 0.3 is 0 Å². The molecule has 0 aromatic rings. The second-order valence-corrected chi connectivity index (χ2v) is 5.31. The van der Waals surface area contributed by atoms with Gasteiger partial charge in [-0.05, 0) is 25.8 Å². The van der Waals surface area contributed by atoms with Crippen LogP contribution in [-0.2, 0) is 9.59 Å². The fourth-order valence-electron chi connectivity index (χ4n) is 2.40. The monoisotopic (exact) mass is 255 g/mol. The molecule has 0 aromatic carbocycles. The molecule has 2 amide bonds. The lowest BCUT2D eigenvalue weighted by Crippen LogP contribution is -2.44. The molecule has 0 aromatic heterocycles. The van der Waals surface area contributed by atoms with Gasteiger partial charge in [-0.3, -0.25) is 9.59 Å². The minimum absolute atomic E-state index is 0.00361. The van der Waals surface area contributed by atoms with Gasteiger partial charge in [0, 0.05) is 39.0 Å². The van der Waals surface area contributed by atoms with Crippen molar-refractivity contribution in [1.29, 1.82) is 0 Å². The van der Waals surface area contributed by atoms with E-state index in [1.54, 1.807) is 19.0 Å². The van der Waals surface area contributed by atoms with Gasteiger partial charge in [-0.25, -0.2) is 0 Å². The molecule has 1 rings (SSSR count). The molecule has 1 unspecified atom stereocenters. The molecule has 1 fully saturated rings. The molecule has 0 spiro atoms. The standard InChI is InChI=1S/C13H25N3O2/c1-10(4-7-14)12(17)16-8-5-11(6-9-16)13(18)15(2)3/h10-11H,4-9,14H2,1-3H3. The molecule has 2 N–H and O–H groups in total. The molecule has 1 atom stereocenters. The maximum atomic E-state index is 12.1. The van der Waals surface area contributed by atoms with Gasteiger partial charge in [0.1, 0.15) is 0 Å². The Kier molecular flexibility index (Phi) is 5.59. The lowest BCUT2D eigenvalue weighted by Gasteiger charge is -2.33. The highest BCUT2D eigenvalue weighted by molar-refractivity contribution is 5.80. The summed E-state index contributed by atoms with van der Waals surface area (Å²) in [7, 11) is 3.56. The summed E-state index contributed by atoms with van der Waals surface area (Å²) < 4.78 is 0. The zero-order valence-corrected chi connectivity index (χ0v) is 11.7. The van der Waals surface area contributed by atoms with Crippen LogP contribution in [0.1, 0.15) is 26.2 Å². The summed E-state index contributed by atoms with van der Waals surface area (Å²) in [5.74, 6) is 0.429. The predicted octanol–water partition coefficient (Wildman–Crippen LogP) is 0.298. The van der Waals surface area contributed by atoms with Crippen LogP contribution in [0.15, 0.2) is 0 Å². The van der Waals surface area contributed by atoms with Crippen LogP contribution < -0.4 is 5.73 Å². The van der Waals surface area contributed by atoms with E-state index in [9.17, 15) is 9.59 Å². The van der Waals surface area contributed by atoms with Crippen molar-refractivity contribution in [3.8, 4) is 0 Å². The summed E-state index contributed by atoms with van der Waals surface area (Å²) in [5, 5.41) is 0. The molecule has 5 nitrogen and oxygen atoms in total. The van der Waals surface area contributed by atoms with E-state index < -0.39 is 0 Å². The van der Waals surface area contributed by atoms with Crippen LogP contribution in [0.5, 0.6) is 0 Å². The highest BCUT2D eigenvalue weighted by Gasteiger charge is 2.29. The summed E-state index contributed by atoms with van der Waals surface area (Å²) in [6, 6.07) is 0. The van der Waals surface area contributed by atoms with Crippen LogP contribution >= 0.6 is 0 Å². The first kappa shape index (κ1) is 15.0. The van der Waals surface area contributed by atoms with Crippen LogP contribution in [0.25, 0.3) is 0 Å². The molecule has 1 saturated heterocycles. The van der Waals surface area contributed by atoms with E-state index in [2.05, 4.69) is 0 Å². The number of piperidine rings is 1. The van der Waals surface area contributed by atoms with Gasteiger partial charge in [0.2, 0.25) is 11.8 Å². The van der Waals surface area contributed by atoms with Gasteiger partial charge in [0.05, 0.1) is 0 Å². The van der Waals surface area contributed by atoms with Crippen molar-refractivity contribution in [2.24, 2.45) is 17.6 Å². The van der Waals surface area contributed by atoms with Gasteiger partial charge in [-0.15, -0.1) is 0 Å². The lowest BCUT2D eigenvalue weighted by atomic mass is 9.94. The van der Waals surface area contributed by atoms with E-state index in [4.69, 9.17) is 5.73 Å². The number of rotatable bonds is 4. The summed E-state index contributed by atoms with van der Waals surface area (Å²) in [6.45, 7) is 3.85. The van der Waals surface area contributed by atoms with Crippen LogP contribution in [0, 0.1) is 11.8 Å². The quantitative estimate of drug-likeness (QED) is 0.785. The van der Waals surface area contributed by atoms with Crippen molar-refractivity contribution in [2.45, 2.75) is 26.2 Å². The van der Waals surface area contributed by atoms with Gasteiger partial charge in [-0.2, -0.15) is 0 Å². The van der Waals surface area contributed by atoms with Crippen LogP contribution in [0.4, 0.5) is 0 Å². The minimum atomic E-state index is -0.00361. The third-order valence-electron chi connectivity index (χ3n) is 3.62. The fourth-order valence-corrected chi connectivity index (χ4v) is 2.40. The number of likely N-dealkylation sites (tertiary alicyclic amines) is 1. The molecular weight excluding hydrogens is 230 g/mol. The van der Waals surface area contributed by atoms with Crippen molar-refractivity contribution in [1.82, 2.24) is 9.80 Å². The molecule has 0 saturated carbocycles. The molecule has 5 heteroatoms. The van der Waals surface area contributed by atoms with Crippen LogP contribution in [0.3, 0.4) is 0 Å². The smallest absolute Gasteiger partial charge is 0.225 e. The SMILES string of the molecule is CC(CCN)C(=O)N1CCC(C(=O)N(C)C)CC1. The Bertz CT molecular complexity index is 297. The van der Waals surface area contributed by atoms with E-state index in [1.165, 1.54) is 0 Å². The maximum Gasteiger partial charge on any atom is 0.225 e. The molecular formula is C13H25N3O2. The predicted molar refractivity (Wildman–Crippen MR) is 70.8 cm³/mol. The van der Waals surface area contributed by atoms with E-state index in [0.29, 0.717) is 19.6 Å². The number of hydrogen-bond acceptors (Lipinski definition) is 3. The number of nitrogens with zero attached hydrogens (tertiary/aromatic N) is 2. The Labute approximate surface area is 109 Å². The van der Waals surface area contributed by atoms with Crippen molar-refractivity contribution in [3.63, 3.8) is 0 Å². The van der Waals surface area contributed by atoms with E-state index in [0.717, 1.165) is 19.3 Å². The van der Waals surface area contributed by atoms with Gasteiger partial charge in [0.25, 0.3) is 0 Å². The Balaban J connectivity index is 2.44. The zero-order valence-electron chi connectivity index (χ0n) is 11.7. The summed E-state index contributed by atoms with van der Waals surface area (Å²) >= 11 is 0. The number of carbonyl (C=O) groups is 2. The average molecular weight is 255 g/mol. The lowest BCUT2D eigenvalue weighted by molar-refractivity contribution is -0.141. The molecule has 104 valence electrons. The van der Waals surface area contributed by atoms with Crippen molar-refractivity contribution in [2.75, 3.05) is 33.7 Å². The maximum absolute atomic E-state index is 12.1. The second kappa shape index (κ2) is 6.73. The van der Waals surface area contributed by atoms with E-state index in [-0.39, 0.29) is 23.7 Å². The van der Waals surface area contributed by atoms with Crippen LogP contribution in [0.2, 0.25) is 0 Å². The number of hydrogen-bond donors (Lipinski definition) is 1. The molecule has 0 bridgehead atoms. The summed E-state index contributed by atoms with van der Waals surface area (Å²) in [6.07, 6.45) is 2.28. The largest absolute Gasteiger partial charge is 0.349 e. The topological polar surface area (TPSA) is 66.6 Å². The number of carbonyl (C=O) groups excluding carboxylic acids is 2. The minimum Gasteiger partial charge on any atom is -0.349 e. The Morgan fingerprint density at radius 3 is 2.33 bits per heavy atom. The first-order valence-electron chi connectivity index (χ1n) is 6.67. The highest BCUT2D eigenvalue weighted by Crippen LogP contribution is 2.20. The van der Waals surface area contributed by atoms with E-state index >= 15 is 0 Å². The second-order valence-electron chi connectivity index (χ2n) is 5.31. The Hall–Kier alpha value is -1.10. The molecule has 0 aliphatic carbocycles. The third kappa shape index (κ3) is 3.70.